The number of hydrogen-bond acceptors (Lipinski definition) is 3. The molecule has 3 aliphatic heterocycles. The minimum atomic E-state index is 0.316. The van der Waals surface area contributed by atoms with Crippen LogP contribution in [0.4, 0.5) is 5.69 Å². The van der Waals surface area contributed by atoms with Crippen molar-refractivity contribution in [2.45, 2.75) is 12.3 Å². The van der Waals surface area contributed by atoms with Crippen LogP contribution in [0.3, 0.4) is 0 Å². The Morgan fingerprint density at radius 1 is 1.18 bits per heavy atom. The summed E-state index contributed by atoms with van der Waals surface area (Å²) in [5.74, 6) is 0. The van der Waals surface area contributed by atoms with Crippen molar-refractivity contribution < 1.29 is 0 Å². The van der Waals surface area contributed by atoms with Gasteiger partial charge in [0, 0.05) is 11.3 Å². The van der Waals surface area contributed by atoms with Gasteiger partial charge in [0.15, 0.2) is 0 Å². The fraction of sp³-hybridized carbons (Fsp3) is 0.250. The molecule has 0 aliphatic carbocycles. The molecule has 1 aromatic rings. The van der Waals surface area contributed by atoms with Crippen LogP contribution in [-0.4, -0.2) is 0 Å². The number of nitrogens with two attached hydrogens (primary N) is 1. The van der Waals surface area contributed by atoms with E-state index in [1.807, 2.05) is 12.1 Å². The predicted molar refractivity (Wildman–Crippen MR) is 42.6 cm³/mol. The molecule has 0 spiro atoms. The highest BCUT2D eigenvalue weighted by molar-refractivity contribution is 5.58. The molecule has 0 radical (unpaired) electrons. The second-order valence-corrected chi connectivity index (χ2v) is 3.05. The Bertz CT molecular complexity index is 315. The number of anilines is 1. The molecule has 0 saturated carbocycles. The topological polar surface area (TPSA) is 50.1 Å². The summed E-state index contributed by atoms with van der Waals surface area (Å²) in [6, 6.07) is 6.06. The van der Waals surface area contributed by atoms with Crippen molar-refractivity contribution in [2.75, 3.05) is 5.73 Å². The van der Waals surface area contributed by atoms with Crippen molar-refractivity contribution in [1.29, 1.82) is 0 Å². The number of hydrogen-bond donors (Lipinski definition) is 3. The zero-order valence-corrected chi connectivity index (χ0v) is 5.96. The normalized spacial score (nSPS) is 31.3. The van der Waals surface area contributed by atoms with E-state index in [2.05, 4.69) is 16.7 Å². The van der Waals surface area contributed by atoms with Crippen molar-refractivity contribution in [3.8, 4) is 0 Å². The molecule has 3 heterocycles. The maximum Gasteiger partial charge on any atom is 0.0888 e. The van der Waals surface area contributed by atoms with Crippen LogP contribution in [0.15, 0.2) is 18.2 Å². The van der Waals surface area contributed by atoms with E-state index in [9.17, 15) is 0 Å². The minimum absolute atomic E-state index is 0.316. The van der Waals surface area contributed by atoms with Crippen LogP contribution in [0.2, 0.25) is 0 Å². The lowest BCUT2D eigenvalue weighted by molar-refractivity contribution is 0.248. The standard InChI is InChI=1S/C8H9N3/c9-5-3-1-2-4-6(5)8-10-7(4)11-8/h1-3,7-8,10-11H,9H2. The van der Waals surface area contributed by atoms with Crippen molar-refractivity contribution in [3.63, 3.8) is 0 Å². The first kappa shape index (κ1) is 5.57. The third kappa shape index (κ3) is 0.514. The van der Waals surface area contributed by atoms with Gasteiger partial charge in [0.2, 0.25) is 0 Å². The van der Waals surface area contributed by atoms with Crippen molar-refractivity contribution >= 4 is 5.69 Å². The maximum absolute atomic E-state index is 5.81. The molecule has 3 aliphatic rings. The molecule has 1 fully saturated rings. The van der Waals surface area contributed by atoms with Gasteiger partial charge in [-0.3, -0.25) is 10.6 Å². The molecule has 3 heteroatoms. The maximum atomic E-state index is 5.81. The van der Waals surface area contributed by atoms with Gasteiger partial charge in [-0.15, -0.1) is 0 Å². The molecule has 3 nitrogen and oxygen atoms in total. The first-order valence-corrected chi connectivity index (χ1v) is 3.76. The lowest BCUT2D eigenvalue weighted by Crippen LogP contribution is -2.47. The largest absolute Gasteiger partial charge is 0.398 e. The van der Waals surface area contributed by atoms with E-state index in [0.29, 0.717) is 12.3 Å². The number of benzene rings is 1. The van der Waals surface area contributed by atoms with Gasteiger partial charge in [-0.1, -0.05) is 12.1 Å². The molecule has 0 amide bonds. The number of rotatable bonds is 0. The molecule has 0 aromatic heterocycles. The summed E-state index contributed by atoms with van der Waals surface area (Å²) in [5.41, 5.74) is 9.27. The zero-order valence-electron chi connectivity index (χ0n) is 5.96. The van der Waals surface area contributed by atoms with Crippen LogP contribution in [0.5, 0.6) is 0 Å². The molecule has 4 N–H and O–H groups in total. The monoisotopic (exact) mass is 147 g/mol. The molecular weight excluding hydrogens is 138 g/mol. The van der Waals surface area contributed by atoms with Crippen LogP contribution in [0, 0.1) is 0 Å². The molecule has 1 saturated heterocycles. The zero-order chi connectivity index (χ0) is 7.42. The third-order valence-corrected chi connectivity index (χ3v) is 2.44. The summed E-state index contributed by atoms with van der Waals surface area (Å²) >= 11 is 0. The smallest absolute Gasteiger partial charge is 0.0888 e. The molecule has 11 heavy (non-hydrogen) atoms. The summed E-state index contributed by atoms with van der Waals surface area (Å²) in [5, 5.41) is 6.66. The Labute approximate surface area is 64.6 Å². The van der Waals surface area contributed by atoms with Crippen LogP contribution in [0.1, 0.15) is 23.5 Å². The van der Waals surface area contributed by atoms with Gasteiger partial charge < -0.3 is 5.73 Å². The summed E-state index contributed by atoms with van der Waals surface area (Å²) in [7, 11) is 0. The van der Waals surface area contributed by atoms with Gasteiger partial charge in [0.1, 0.15) is 0 Å². The molecule has 4 rings (SSSR count). The summed E-state index contributed by atoms with van der Waals surface area (Å²) in [6.07, 6.45) is 0.676. The molecule has 1 aromatic carbocycles. The molecular formula is C8H9N3. The SMILES string of the molecule is Nc1cccc2c1C1NC2N1. The van der Waals surface area contributed by atoms with Crippen LogP contribution in [-0.2, 0) is 0 Å². The Morgan fingerprint density at radius 3 is 2.73 bits per heavy atom. The molecule has 0 atom stereocenters. The van der Waals surface area contributed by atoms with E-state index in [1.54, 1.807) is 0 Å². The Balaban J connectivity index is 2.30. The van der Waals surface area contributed by atoms with E-state index in [-0.39, 0.29) is 0 Å². The fourth-order valence-corrected chi connectivity index (χ4v) is 1.87. The van der Waals surface area contributed by atoms with Gasteiger partial charge >= 0.3 is 0 Å². The van der Waals surface area contributed by atoms with Gasteiger partial charge in [0.25, 0.3) is 0 Å². The lowest BCUT2D eigenvalue weighted by atomic mass is 10.1. The van der Waals surface area contributed by atoms with Crippen LogP contribution < -0.4 is 16.4 Å². The highest BCUT2D eigenvalue weighted by atomic mass is 15.4. The van der Waals surface area contributed by atoms with Crippen molar-refractivity contribution in [1.82, 2.24) is 10.6 Å². The number of nitrogens with one attached hydrogen (secondary N) is 2. The lowest BCUT2D eigenvalue weighted by Gasteiger charge is -2.28. The summed E-state index contributed by atoms with van der Waals surface area (Å²) in [6.45, 7) is 0. The van der Waals surface area contributed by atoms with Gasteiger partial charge in [-0.2, -0.15) is 0 Å². The number of nitrogen functional groups attached to an aromatic ring is 1. The van der Waals surface area contributed by atoms with E-state index in [4.69, 9.17) is 5.73 Å². The molecule has 56 valence electrons. The van der Waals surface area contributed by atoms with Crippen molar-refractivity contribution in [2.24, 2.45) is 0 Å². The predicted octanol–water partition coefficient (Wildman–Crippen LogP) is 0.472. The van der Waals surface area contributed by atoms with Gasteiger partial charge in [-0.05, 0) is 11.6 Å². The average molecular weight is 147 g/mol. The molecule has 2 bridgehead atoms. The Hall–Kier alpha value is -1.06. The second kappa shape index (κ2) is 1.57. The van der Waals surface area contributed by atoms with Gasteiger partial charge in [-0.25, -0.2) is 0 Å². The quantitative estimate of drug-likeness (QED) is 0.467. The summed E-state index contributed by atoms with van der Waals surface area (Å²) < 4.78 is 0. The second-order valence-electron chi connectivity index (χ2n) is 3.05. The van der Waals surface area contributed by atoms with Crippen molar-refractivity contribution in [3.05, 3.63) is 29.3 Å². The first-order valence-electron chi connectivity index (χ1n) is 3.76. The summed E-state index contributed by atoms with van der Waals surface area (Å²) in [4.78, 5) is 0. The Morgan fingerprint density at radius 2 is 2.00 bits per heavy atom. The van der Waals surface area contributed by atoms with E-state index in [1.165, 1.54) is 11.1 Å². The highest BCUT2D eigenvalue weighted by Gasteiger charge is 2.41. The van der Waals surface area contributed by atoms with Crippen LogP contribution in [0.25, 0.3) is 0 Å². The third-order valence-electron chi connectivity index (χ3n) is 2.44. The highest BCUT2D eigenvalue weighted by Crippen LogP contribution is 2.42. The van der Waals surface area contributed by atoms with E-state index < -0.39 is 0 Å². The van der Waals surface area contributed by atoms with E-state index in [0.717, 1.165) is 5.69 Å². The van der Waals surface area contributed by atoms with E-state index >= 15 is 0 Å². The average Bonchev–Trinajstić information content (AvgIpc) is 2.38. The fourth-order valence-electron chi connectivity index (χ4n) is 1.87. The van der Waals surface area contributed by atoms with Crippen LogP contribution >= 0.6 is 0 Å². The first-order chi connectivity index (χ1) is 5.36. The molecule has 0 unspecified atom stereocenters. The minimum Gasteiger partial charge on any atom is -0.398 e. The Kier molecular flexibility index (Phi) is 0.796. The van der Waals surface area contributed by atoms with Gasteiger partial charge in [0.05, 0.1) is 12.3 Å².